The summed E-state index contributed by atoms with van der Waals surface area (Å²) in [7, 11) is 0. The molecule has 0 rings (SSSR count). The predicted octanol–water partition coefficient (Wildman–Crippen LogP) is 24.1. The van der Waals surface area contributed by atoms with Gasteiger partial charge in [-0.25, -0.2) is 0 Å². The van der Waals surface area contributed by atoms with Gasteiger partial charge in [-0.1, -0.05) is 289 Å². The van der Waals surface area contributed by atoms with E-state index >= 15 is 0 Å². The van der Waals surface area contributed by atoms with Crippen LogP contribution in [0, 0.1) is 0 Å². The third-order valence-corrected chi connectivity index (χ3v) is 14.6. The van der Waals surface area contributed by atoms with Gasteiger partial charge < -0.3 is 14.2 Å². The maximum absolute atomic E-state index is 12.9. The van der Waals surface area contributed by atoms with Crippen molar-refractivity contribution < 1.29 is 28.6 Å². The maximum atomic E-state index is 12.9. The Hall–Kier alpha value is -4.45. The van der Waals surface area contributed by atoms with Gasteiger partial charge in [0, 0.05) is 19.3 Å². The molecular weight excluding hydrogens is 1020 g/mol. The minimum Gasteiger partial charge on any atom is -0.462 e. The SMILES string of the molecule is CC/C=C\C/C=C\C/C=C\C/C=C\C/C=C\C/C=C\C/C=C\C/C=C\C/C=C\CCCCCCCC(=O)OCC(COC(=O)CCCCCCC/C=C\CCCCCCCC)OC(=O)CCCCCCCCC/C=C\CCCCCCCC. The van der Waals surface area contributed by atoms with Crippen molar-refractivity contribution in [1.29, 1.82) is 0 Å². The fourth-order valence-electron chi connectivity index (χ4n) is 9.43. The second kappa shape index (κ2) is 70.0. The molecule has 0 saturated carbocycles. The van der Waals surface area contributed by atoms with E-state index in [0.29, 0.717) is 19.3 Å². The van der Waals surface area contributed by atoms with E-state index < -0.39 is 6.10 Å². The number of ether oxygens (including phenoxy) is 3. The quantitative estimate of drug-likeness (QED) is 0.0261. The maximum Gasteiger partial charge on any atom is 0.306 e. The van der Waals surface area contributed by atoms with Crippen molar-refractivity contribution in [3.8, 4) is 0 Å². The summed E-state index contributed by atoms with van der Waals surface area (Å²) in [6, 6.07) is 0. The van der Waals surface area contributed by atoms with Gasteiger partial charge in [0.05, 0.1) is 0 Å². The average Bonchev–Trinajstić information content (AvgIpc) is 3.49. The standard InChI is InChI=1S/C77H128O6/c1-4-7-10-13-16-19-22-25-28-30-31-32-33-34-35-36-37-38-39-40-41-42-43-44-45-47-49-52-55-58-61-64-67-70-76(79)82-73-74(72-81-75(78)69-66-63-60-57-54-51-48-27-24-21-18-15-12-9-6-3)83-77(80)71-68-65-62-59-56-53-50-46-29-26-23-20-17-14-11-8-5-2/h7,10,16,19,25-29,31-32,34-35,37-38,40-41,43-44,47-49,74H,4-6,8-9,11-15,17-18,20-24,30,33,36,39,42,45-46,50-73H2,1-3H3/b10-7-,19-16-,28-25-,29-26-,32-31-,35-34-,38-37-,41-40-,44-43-,48-27-,49-47-. The van der Waals surface area contributed by atoms with Crippen molar-refractivity contribution in [3.05, 3.63) is 134 Å². The summed E-state index contributed by atoms with van der Waals surface area (Å²) < 4.78 is 16.9. The molecule has 0 aliphatic carbocycles. The Balaban J connectivity index is 4.36. The van der Waals surface area contributed by atoms with E-state index in [0.717, 1.165) is 141 Å². The van der Waals surface area contributed by atoms with Gasteiger partial charge in [-0.2, -0.15) is 0 Å². The molecule has 472 valence electrons. The molecule has 0 aliphatic heterocycles. The lowest BCUT2D eigenvalue weighted by Crippen LogP contribution is -2.30. The van der Waals surface area contributed by atoms with Gasteiger partial charge in [-0.3, -0.25) is 14.4 Å². The first-order chi connectivity index (χ1) is 41.0. The number of carbonyl (C=O) groups is 3. The molecule has 0 radical (unpaired) electrons. The molecule has 0 aromatic rings. The third-order valence-electron chi connectivity index (χ3n) is 14.6. The zero-order valence-electron chi connectivity index (χ0n) is 54.2. The Labute approximate surface area is 513 Å². The number of hydrogen-bond acceptors (Lipinski definition) is 6. The molecule has 0 aromatic carbocycles. The van der Waals surface area contributed by atoms with Crippen molar-refractivity contribution in [1.82, 2.24) is 0 Å². The Morgan fingerprint density at radius 2 is 0.470 bits per heavy atom. The molecule has 0 heterocycles. The summed E-state index contributed by atoms with van der Waals surface area (Å²) in [6.45, 7) is 6.51. The minimum atomic E-state index is -0.797. The molecular formula is C77H128O6. The largest absolute Gasteiger partial charge is 0.462 e. The number of rotatable bonds is 62. The van der Waals surface area contributed by atoms with Crippen LogP contribution < -0.4 is 0 Å². The summed E-state index contributed by atoms with van der Waals surface area (Å²) in [5.74, 6) is -0.917. The van der Waals surface area contributed by atoms with Crippen LogP contribution in [0.5, 0.6) is 0 Å². The Morgan fingerprint density at radius 3 is 0.747 bits per heavy atom. The van der Waals surface area contributed by atoms with Crippen LogP contribution in [0.1, 0.15) is 316 Å². The van der Waals surface area contributed by atoms with Gasteiger partial charge in [0.15, 0.2) is 6.10 Å². The van der Waals surface area contributed by atoms with Crippen LogP contribution in [0.4, 0.5) is 0 Å². The first-order valence-corrected chi connectivity index (χ1v) is 34.7. The van der Waals surface area contributed by atoms with Gasteiger partial charge in [-0.05, 0) is 141 Å². The molecule has 6 nitrogen and oxygen atoms in total. The molecule has 0 spiro atoms. The van der Waals surface area contributed by atoms with Crippen LogP contribution in [0.2, 0.25) is 0 Å². The number of allylic oxidation sites excluding steroid dienone is 22. The number of carbonyl (C=O) groups excluding carboxylic acids is 3. The highest BCUT2D eigenvalue weighted by molar-refractivity contribution is 5.71. The lowest BCUT2D eigenvalue weighted by molar-refractivity contribution is -0.167. The summed E-state index contributed by atoms with van der Waals surface area (Å²) in [6.07, 6.45) is 98.9. The van der Waals surface area contributed by atoms with E-state index in [2.05, 4.69) is 154 Å². The molecule has 0 fully saturated rings. The van der Waals surface area contributed by atoms with Crippen LogP contribution in [0.15, 0.2) is 134 Å². The molecule has 6 heteroatoms. The van der Waals surface area contributed by atoms with Crippen LogP contribution in [-0.4, -0.2) is 37.2 Å². The van der Waals surface area contributed by atoms with Crippen molar-refractivity contribution in [2.75, 3.05) is 13.2 Å². The minimum absolute atomic E-state index is 0.0917. The first-order valence-electron chi connectivity index (χ1n) is 34.7. The molecule has 0 bridgehead atoms. The zero-order valence-corrected chi connectivity index (χ0v) is 54.2. The van der Waals surface area contributed by atoms with Crippen LogP contribution >= 0.6 is 0 Å². The summed E-state index contributed by atoms with van der Waals surface area (Å²) in [5.41, 5.74) is 0. The van der Waals surface area contributed by atoms with E-state index in [-0.39, 0.29) is 31.1 Å². The van der Waals surface area contributed by atoms with E-state index in [1.165, 1.54) is 135 Å². The lowest BCUT2D eigenvalue weighted by Gasteiger charge is -2.18. The van der Waals surface area contributed by atoms with E-state index in [9.17, 15) is 14.4 Å². The molecule has 0 saturated heterocycles. The Bertz CT molecular complexity index is 1750. The summed E-state index contributed by atoms with van der Waals surface area (Å²) in [4.78, 5) is 38.4. The van der Waals surface area contributed by atoms with Gasteiger partial charge in [0.1, 0.15) is 13.2 Å². The molecule has 0 N–H and O–H groups in total. The van der Waals surface area contributed by atoms with Crippen molar-refractivity contribution >= 4 is 17.9 Å². The Morgan fingerprint density at radius 1 is 0.253 bits per heavy atom. The van der Waals surface area contributed by atoms with Gasteiger partial charge in [0.25, 0.3) is 0 Å². The molecule has 0 aliphatic rings. The smallest absolute Gasteiger partial charge is 0.306 e. The van der Waals surface area contributed by atoms with Gasteiger partial charge in [0.2, 0.25) is 0 Å². The molecule has 1 atom stereocenters. The number of esters is 3. The van der Waals surface area contributed by atoms with Crippen LogP contribution in [0.25, 0.3) is 0 Å². The van der Waals surface area contributed by atoms with Gasteiger partial charge >= 0.3 is 17.9 Å². The van der Waals surface area contributed by atoms with Crippen molar-refractivity contribution in [2.45, 2.75) is 322 Å². The highest BCUT2D eigenvalue weighted by Crippen LogP contribution is 2.15. The van der Waals surface area contributed by atoms with E-state index in [4.69, 9.17) is 14.2 Å². The highest BCUT2D eigenvalue weighted by atomic mass is 16.6. The van der Waals surface area contributed by atoms with Gasteiger partial charge in [-0.15, -0.1) is 0 Å². The number of unbranched alkanes of at least 4 members (excludes halogenated alkanes) is 29. The molecule has 0 amide bonds. The fourth-order valence-corrected chi connectivity index (χ4v) is 9.43. The van der Waals surface area contributed by atoms with Crippen molar-refractivity contribution in [3.63, 3.8) is 0 Å². The summed E-state index contributed by atoms with van der Waals surface area (Å²) >= 11 is 0. The second-order valence-electron chi connectivity index (χ2n) is 22.7. The lowest BCUT2D eigenvalue weighted by atomic mass is 10.1. The second-order valence-corrected chi connectivity index (χ2v) is 22.7. The molecule has 83 heavy (non-hydrogen) atoms. The fraction of sp³-hybridized carbons (Fsp3) is 0.675. The normalized spacial score (nSPS) is 13.0. The van der Waals surface area contributed by atoms with E-state index in [1.807, 2.05) is 0 Å². The summed E-state index contributed by atoms with van der Waals surface area (Å²) in [5, 5.41) is 0. The highest BCUT2D eigenvalue weighted by Gasteiger charge is 2.19. The predicted molar refractivity (Wildman–Crippen MR) is 362 cm³/mol. The topological polar surface area (TPSA) is 78.9 Å². The van der Waals surface area contributed by atoms with Crippen LogP contribution in [-0.2, 0) is 28.6 Å². The van der Waals surface area contributed by atoms with Crippen molar-refractivity contribution in [2.24, 2.45) is 0 Å². The molecule has 1 unspecified atom stereocenters. The first kappa shape index (κ1) is 78.5. The number of hydrogen-bond donors (Lipinski definition) is 0. The zero-order chi connectivity index (χ0) is 59.9. The monoisotopic (exact) mass is 1150 g/mol. The Kier molecular flexibility index (Phi) is 66.3. The van der Waals surface area contributed by atoms with E-state index in [1.54, 1.807) is 0 Å². The molecule has 0 aromatic heterocycles. The van der Waals surface area contributed by atoms with Crippen LogP contribution in [0.3, 0.4) is 0 Å². The third kappa shape index (κ3) is 68.2. The average molecular weight is 1150 g/mol.